The second kappa shape index (κ2) is 5.83. The number of rotatable bonds is 3. The Bertz CT molecular complexity index is 462. The van der Waals surface area contributed by atoms with E-state index in [0.717, 1.165) is 25.4 Å². The Balaban J connectivity index is 1.57. The quantitative estimate of drug-likeness (QED) is 0.882. The predicted molar refractivity (Wildman–Crippen MR) is 79.3 cm³/mol. The van der Waals surface area contributed by atoms with Gasteiger partial charge >= 0.3 is 6.03 Å². The molecule has 1 aromatic carbocycles. The smallest absolute Gasteiger partial charge is 0.314 e. The molecule has 1 saturated carbocycles. The number of hydrogen-bond acceptors (Lipinski definition) is 2. The van der Waals surface area contributed by atoms with E-state index in [2.05, 4.69) is 45.9 Å². The Kier molecular flexibility index (Phi) is 3.92. The van der Waals surface area contributed by atoms with Gasteiger partial charge in [-0.2, -0.15) is 0 Å². The SMILES string of the molecule is CNC(=O)NC1CCC2CN(Cc3ccccc3)CC21. The van der Waals surface area contributed by atoms with Gasteiger partial charge in [0.2, 0.25) is 0 Å². The number of nitrogens with one attached hydrogen (secondary N) is 2. The minimum absolute atomic E-state index is 0.0443. The highest BCUT2D eigenvalue weighted by Crippen LogP contribution is 2.38. The fraction of sp³-hybridized carbons (Fsp3) is 0.562. The molecular weight excluding hydrogens is 250 g/mol. The van der Waals surface area contributed by atoms with Gasteiger partial charge in [0, 0.05) is 32.7 Å². The van der Waals surface area contributed by atoms with Crippen LogP contribution in [0.3, 0.4) is 0 Å². The third kappa shape index (κ3) is 2.80. The molecule has 0 radical (unpaired) electrons. The van der Waals surface area contributed by atoms with Gasteiger partial charge in [-0.05, 0) is 30.2 Å². The first-order chi connectivity index (χ1) is 9.76. The summed E-state index contributed by atoms with van der Waals surface area (Å²) in [5.74, 6) is 1.37. The summed E-state index contributed by atoms with van der Waals surface area (Å²) in [6, 6.07) is 10.9. The second-order valence-electron chi connectivity index (χ2n) is 6.01. The first-order valence-electron chi connectivity index (χ1n) is 7.51. The van der Waals surface area contributed by atoms with Crippen LogP contribution in [0.4, 0.5) is 4.79 Å². The number of carbonyl (C=O) groups is 1. The van der Waals surface area contributed by atoms with Crippen LogP contribution in [0.2, 0.25) is 0 Å². The Morgan fingerprint density at radius 2 is 2.05 bits per heavy atom. The van der Waals surface area contributed by atoms with Crippen molar-refractivity contribution in [2.45, 2.75) is 25.4 Å². The fourth-order valence-corrected chi connectivity index (χ4v) is 3.75. The number of hydrogen-bond donors (Lipinski definition) is 2. The van der Waals surface area contributed by atoms with Crippen molar-refractivity contribution < 1.29 is 4.79 Å². The number of benzene rings is 1. The molecule has 0 bridgehead atoms. The Morgan fingerprint density at radius 3 is 2.80 bits per heavy atom. The molecule has 4 heteroatoms. The highest BCUT2D eigenvalue weighted by molar-refractivity contribution is 5.73. The van der Waals surface area contributed by atoms with E-state index >= 15 is 0 Å². The molecule has 1 saturated heterocycles. The van der Waals surface area contributed by atoms with E-state index in [9.17, 15) is 4.79 Å². The van der Waals surface area contributed by atoms with Crippen LogP contribution in [-0.4, -0.2) is 37.1 Å². The lowest BCUT2D eigenvalue weighted by Crippen LogP contribution is -2.43. The van der Waals surface area contributed by atoms with E-state index in [1.807, 2.05) is 0 Å². The number of amides is 2. The third-order valence-corrected chi connectivity index (χ3v) is 4.73. The van der Waals surface area contributed by atoms with E-state index in [1.54, 1.807) is 7.05 Å². The summed E-state index contributed by atoms with van der Waals surface area (Å²) < 4.78 is 0. The largest absolute Gasteiger partial charge is 0.341 e. The number of urea groups is 1. The van der Waals surface area contributed by atoms with Crippen molar-refractivity contribution in [3.05, 3.63) is 35.9 Å². The monoisotopic (exact) mass is 273 g/mol. The van der Waals surface area contributed by atoms with Crippen LogP contribution in [0.1, 0.15) is 18.4 Å². The third-order valence-electron chi connectivity index (χ3n) is 4.73. The van der Waals surface area contributed by atoms with Crippen molar-refractivity contribution in [1.29, 1.82) is 0 Å². The summed E-state index contributed by atoms with van der Waals surface area (Å²) in [5, 5.41) is 5.77. The Morgan fingerprint density at radius 1 is 1.25 bits per heavy atom. The van der Waals surface area contributed by atoms with Crippen molar-refractivity contribution in [3.63, 3.8) is 0 Å². The summed E-state index contributed by atoms with van der Waals surface area (Å²) in [7, 11) is 1.68. The van der Waals surface area contributed by atoms with Crippen LogP contribution >= 0.6 is 0 Å². The number of nitrogens with zero attached hydrogens (tertiary/aromatic N) is 1. The lowest BCUT2D eigenvalue weighted by atomic mass is 9.98. The minimum atomic E-state index is -0.0443. The van der Waals surface area contributed by atoms with Gasteiger partial charge in [0.15, 0.2) is 0 Å². The molecule has 1 aliphatic heterocycles. The Labute approximate surface area is 120 Å². The highest BCUT2D eigenvalue weighted by Gasteiger charge is 2.42. The van der Waals surface area contributed by atoms with E-state index in [-0.39, 0.29) is 6.03 Å². The average Bonchev–Trinajstić information content (AvgIpc) is 3.01. The van der Waals surface area contributed by atoms with Gasteiger partial charge in [-0.25, -0.2) is 4.79 Å². The van der Waals surface area contributed by atoms with Gasteiger partial charge in [0.1, 0.15) is 0 Å². The summed E-state index contributed by atoms with van der Waals surface area (Å²) in [6.45, 7) is 3.31. The van der Waals surface area contributed by atoms with Gasteiger partial charge in [-0.3, -0.25) is 4.90 Å². The highest BCUT2D eigenvalue weighted by atomic mass is 16.2. The molecule has 3 unspecified atom stereocenters. The summed E-state index contributed by atoms with van der Waals surface area (Å²) in [4.78, 5) is 14.0. The molecule has 3 rings (SSSR count). The molecule has 1 aliphatic carbocycles. The van der Waals surface area contributed by atoms with Crippen molar-refractivity contribution in [3.8, 4) is 0 Å². The fourth-order valence-electron chi connectivity index (χ4n) is 3.75. The second-order valence-corrected chi connectivity index (χ2v) is 6.01. The summed E-state index contributed by atoms with van der Waals surface area (Å²) >= 11 is 0. The molecule has 0 aromatic heterocycles. The molecule has 1 heterocycles. The van der Waals surface area contributed by atoms with E-state index < -0.39 is 0 Å². The lowest BCUT2D eigenvalue weighted by Gasteiger charge is -2.21. The van der Waals surface area contributed by atoms with Gasteiger partial charge in [-0.15, -0.1) is 0 Å². The zero-order chi connectivity index (χ0) is 13.9. The maximum Gasteiger partial charge on any atom is 0.314 e. The molecule has 108 valence electrons. The van der Waals surface area contributed by atoms with Crippen molar-refractivity contribution in [1.82, 2.24) is 15.5 Å². The standard InChI is InChI=1S/C16H23N3O/c1-17-16(20)18-15-8-7-13-10-19(11-14(13)15)9-12-5-3-2-4-6-12/h2-6,13-15H,7-11H2,1H3,(H2,17,18,20). The topological polar surface area (TPSA) is 44.4 Å². The molecule has 0 spiro atoms. The predicted octanol–water partition coefficient (Wildman–Crippen LogP) is 1.83. The van der Waals surface area contributed by atoms with Crippen LogP contribution in [-0.2, 0) is 6.54 Å². The van der Waals surface area contributed by atoms with Gasteiger partial charge in [-0.1, -0.05) is 30.3 Å². The summed E-state index contributed by atoms with van der Waals surface area (Å²) in [5.41, 5.74) is 1.38. The number of fused-ring (bicyclic) bond motifs is 1. The van der Waals surface area contributed by atoms with E-state index in [1.165, 1.54) is 18.5 Å². The minimum Gasteiger partial charge on any atom is -0.341 e. The van der Waals surface area contributed by atoms with Crippen LogP contribution in [0.5, 0.6) is 0 Å². The molecule has 2 amide bonds. The maximum absolute atomic E-state index is 11.5. The first kappa shape index (κ1) is 13.4. The molecule has 1 aromatic rings. The van der Waals surface area contributed by atoms with Crippen molar-refractivity contribution >= 4 is 6.03 Å². The summed E-state index contributed by atoms with van der Waals surface area (Å²) in [6.07, 6.45) is 2.37. The van der Waals surface area contributed by atoms with Crippen LogP contribution in [0.25, 0.3) is 0 Å². The zero-order valence-corrected chi connectivity index (χ0v) is 12.0. The van der Waals surface area contributed by atoms with Crippen molar-refractivity contribution in [2.75, 3.05) is 20.1 Å². The average molecular weight is 273 g/mol. The lowest BCUT2D eigenvalue weighted by molar-refractivity contribution is 0.232. The molecule has 4 nitrogen and oxygen atoms in total. The van der Waals surface area contributed by atoms with E-state index in [4.69, 9.17) is 0 Å². The zero-order valence-electron chi connectivity index (χ0n) is 12.0. The normalized spacial score (nSPS) is 29.1. The first-order valence-corrected chi connectivity index (χ1v) is 7.51. The van der Waals surface area contributed by atoms with Gasteiger partial charge in [0.25, 0.3) is 0 Å². The van der Waals surface area contributed by atoms with Gasteiger partial charge < -0.3 is 10.6 Å². The number of likely N-dealkylation sites (tertiary alicyclic amines) is 1. The molecule has 20 heavy (non-hydrogen) atoms. The van der Waals surface area contributed by atoms with E-state index in [0.29, 0.717) is 12.0 Å². The van der Waals surface area contributed by atoms with Crippen LogP contribution in [0, 0.1) is 11.8 Å². The van der Waals surface area contributed by atoms with Crippen LogP contribution in [0.15, 0.2) is 30.3 Å². The molecule has 2 aliphatic rings. The maximum atomic E-state index is 11.5. The molecular formula is C16H23N3O. The van der Waals surface area contributed by atoms with Crippen LogP contribution < -0.4 is 10.6 Å². The molecule has 3 atom stereocenters. The molecule has 2 fully saturated rings. The van der Waals surface area contributed by atoms with Gasteiger partial charge in [0.05, 0.1) is 0 Å². The van der Waals surface area contributed by atoms with Crippen molar-refractivity contribution in [2.24, 2.45) is 11.8 Å². The number of carbonyl (C=O) groups excluding carboxylic acids is 1. The Hall–Kier alpha value is -1.55. The molecule has 2 N–H and O–H groups in total.